The molecule has 13 rings (SSSR count). The largest absolute Gasteiger partial charge is 0.457 e. The predicted octanol–water partition coefficient (Wildman–Crippen LogP) is 22.1. The quantitative estimate of drug-likeness (QED) is 0.0633. The van der Waals surface area contributed by atoms with Crippen molar-refractivity contribution in [1.82, 2.24) is 0 Å². The first kappa shape index (κ1) is 62.7. The van der Waals surface area contributed by atoms with Gasteiger partial charge in [-0.3, -0.25) is 9.59 Å². The van der Waals surface area contributed by atoms with Crippen LogP contribution in [0.25, 0.3) is 0 Å². The highest BCUT2D eigenvalue weighted by atomic mass is 32.2. The van der Waals surface area contributed by atoms with E-state index in [4.69, 9.17) is 14.2 Å². The zero-order valence-electron chi connectivity index (χ0n) is 50.9. The van der Waals surface area contributed by atoms with Crippen LogP contribution in [0.5, 0.6) is 34.5 Å². The average molecular weight is 1260 g/mol. The zero-order valence-corrected chi connectivity index (χ0v) is 54.2. The second-order valence-electron chi connectivity index (χ2n) is 21.1. The Labute approximate surface area is 547 Å². The first-order valence-corrected chi connectivity index (χ1v) is 34.4. The summed E-state index contributed by atoms with van der Waals surface area (Å²) in [4.78, 5) is 36.3. The van der Waals surface area contributed by atoms with Gasteiger partial charge in [-0.05, 0) is 226 Å². The fourth-order valence-electron chi connectivity index (χ4n) is 10.0. The van der Waals surface area contributed by atoms with Crippen LogP contribution in [0.4, 0.5) is 0 Å². The molecule has 13 aromatic rings. The van der Waals surface area contributed by atoms with Gasteiger partial charge in [-0.1, -0.05) is 133 Å². The van der Waals surface area contributed by atoms with E-state index in [-0.39, 0.29) is 44.3 Å². The summed E-state index contributed by atoms with van der Waals surface area (Å²) < 4.78 is 18.3. The summed E-state index contributed by atoms with van der Waals surface area (Å²) in [5.74, 6) is 4.91. The molecule has 12 aromatic carbocycles. The van der Waals surface area contributed by atoms with Gasteiger partial charge in [0.15, 0.2) is 49.8 Å². The van der Waals surface area contributed by atoms with Gasteiger partial charge in [-0.25, -0.2) is 0 Å². The number of rotatable bonds is 18. The van der Waals surface area contributed by atoms with E-state index in [0.717, 1.165) is 50.3 Å². The molecule has 0 aliphatic heterocycles. The number of ketones is 2. The number of aryl methyl sites for hydroxylation is 3. The third-order valence-electron chi connectivity index (χ3n) is 14.6. The second-order valence-corrected chi connectivity index (χ2v) is 28.1. The second kappa shape index (κ2) is 31.0. The van der Waals surface area contributed by atoms with Crippen molar-refractivity contribution in [3.8, 4) is 34.5 Å². The van der Waals surface area contributed by atoms with Gasteiger partial charge >= 0.3 is 0 Å². The summed E-state index contributed by atoms with van der Waals surface area (Å²) >= 11 is 1.45. The smallest absolute Gasteiger partial charge is 0.202 e. The Morgan fingerprint density at radius 2 is 0.560 bits per heavy atom. The molecule has 0 spiro atoms. The molecule has 9 heteroatoms. The molecule has 0 unspecified atom stereocenters. The summed E-state index contributed by atoms with van der Waals surface area (Å²) in [5, 5.41) is 1.91. The number of hydrogen-bond donors (Lipinski definition) is 0. The van der Waals surface area contributed by atoms with Gasteiger partial charge in [-0.2, -0.15) is 0 Å². The Morgan fingerprint density at radius 1 is 0.286 bits per heavy atom. The van der Waals surface area contributed by atoms with Crippen LogP contribution in [0, 0.1) is 20.8 Å². The maximum absolute atomic E-state index is 12.5. The normalized spacial score (nSPS) is 10.8. The van der Waals surface area contributed by atoms with E-state index in [1.807, 2.05) is 96.4 Å². The van der Waals surface area contributed by atoms with Crippen LogP contribution in [-0.4, -0.2) is 11.6 Å². The van der Waals surface area contributed by atoms with Gasteiger partial charge in [0.2, 0.25) is 5.78 Å². The van der Waals surface area contributed by atoms with E-state index in [9.17, 15) is 9.59 Å². The Hall–Kier alpha value is -9.87. The minimum atomic E-state index is -0.195. The van der Waals surface area contributed by atoms with Crippen LogP contribution >= 0.6 is 11.3 Å². The molecule has 0 amide bonds. The van der Waals surface area contributed by atoms with Crippen molar-refractivity contribution >= 4 is 55.6 Å². The Kier molecular flexibility index (Phi) is 21.4. The average Bonchev–Trinajstić information content (AvgIpc) is 1.68. The predicted molar refractivity (Wildman–Crippen MR) is 376 cm³/mol. The summed E-state index contributed by atoms with van der Waals surface area (Å²) in [5.41, 5.74) is 4.63. The molecule has 0 aliphatic carbocycles. The Morgan fingerprint density at radius 3 is 0.824 bits per heavy atom. The molecule has 1 aromatic heterocycles. The van der Waals surface area contributed by atoms with Gasteiger partial charge in [0, 0.05) is 29.3 Å². The minimum absolute atomic E-state index is 0.0379. The fraction of sp³-hybridized carbons (Fsp3) is 0.0488. The number of carbonyl (C=O) groups is 2. The van der Waals surface area contributed by atoms with Crippen LogP contribution in [0.2, 0.25) is 0 Å². The number of thiophene rings is 1. The monoisotopic (exact) mass is 1260 g/mol. The van der Waals surface area contributed by atoms with E-state index in [1.165, 1.54) is 55.4 Å². The molecule has 91 heavy (non-hydrogen) atoms. The van der Waals surface area contributed by atoms with Crippen molar-refractivity contribution in [1.29, 1.82) is 0 Å². The molecule has 0 atom stereocenters. The summed E-state index contributed by atoms with van der Waals surface area (Å²) in [6.07, 6.45) is 0. The number of benzene rings is 12. The summed E-state index contributed by atoms with van der Waals surface area (Å²) in [6.45, 7) is 7.82. The Balaban J connectivity index is 0.000000141. The van der Waals surface area contributed by atoms with Gasteiger partial charge in [0.05, 0.1) is 37.6 Å². The molecule has 0 saturated carbocycles. The van der Waals surface area contributed by atoms with Gasteiger partial charge < -0.3 is 14.2 Å². The van der Waals surface area contributed by atoms with Crippen LogP contribution < -0.4 is 14.2 Å². The molecule has 0 N–H and O–H groups in total. The summed E-state index contributed by atoms with van der Waals surface area (Å²) in [7, 11) is -0.511. The van der Waals surface area contributed by atoms with Crippen LogP contribution in [0.3, 0.4) is 0 Å². The lowest BCUT2D eigenvalue weighted by Crippen LogP contribution is -2.05. The van der Waals surface area contributed by atoms with E-state index in [1.54, 1.807) is 19.1 Å². The molecular formula is C82H67O5S4+3. The third-order valence-corrected chi connectivity index (χ3v) is 22.1. The number of hydrogen-bond acceptors (Lipinski definition) is 6. The summed E-state index contributed by atoms with van der Waals surface area (Å²) in [6, 6.07) is 111. The zero-order chi connectivity index (χ0) is 62.7. The molecule has 0 fully saturated rings. The number of Topliss-reactive ketones (excluding diaryl/α,β-unsaturated/α-hetero) is 1. The van der Waals surface area contributed by atoms with Crippen LogP contribution in [0.15, 0.2) is 377 Å². The van der Waals surface area contributed by atoms with Crippen molar-refractivity contribution in [3.05, 3.63) is 366 Å². The lowest BCUT2D eigenvalue weighted by molar-refractivity contribution is 0.101. The molecule has 5 nitrogen and oxygen atoms in total. The SMILES string of the molecule is CC(=O)c1ccc(Oc2ccc([S+](c3ccccc3)c3ccccc3)cc2C)cc1.Cc1cc([S+](c2ccccc2)c2ccccc2)ccc1Oc1ccc(C(=O)c2cccs2)cc1.Cc1cc([S+](c2ccccc2)c2ccccc2)ccc1Oc1ccccc1. The lowest BCUT2D eigenvalue weighted by Gasteiger charge is -2.12. The van der Waals surface area contributed by atoms with Crippen LogP contribution in [0.1, 0.15) is 49.2 Å². The number of para-hydroxylation sites is 1. The molecule has 0 bridgehead atoms. The van der Waals surface area contributed by atoms with Crippen molar-refractivity contribution in [3.63, 3.8) is 0 Å². The van der Waals surface area contributed by atoms with Crippen molar-refractivity contribution in [2.24, 2.45) is 0 Å². The molecular weight excluding hydrogens is 1190 g/mol. The molecule has 1 heterocycles. The first-order chi connectivity index (χ1) is 44.6. The maximum Gasteiger partial charge on any atom is 0.202 e. The highest BCUT2D eigenvalue weighted by Crippen LogP contribution is 2.38. The minimum Gasteiger partial charge on any atom is -0.457 e. The van der Waals surface area contributed by atoms with E-state index in [2.05, 4.69) is 245 Å². The third kappa shape index (κ3) is 16.5. The van der Waals surface area contributed by atoms with Gasteiger partial charge in [0.1, 0.15) is 34.5 Å². The van der Waals surface area contributed by atoms with Crippen molar-refractivity contribution in [2.75, 3.05) is 0 Å². The van der Waals surface area contributed by atoms with E-state index in [0.29, 0.717) is 16.9 Å². The van der Waals surface area contributed by atoms with Gasteiger partial charge in [0.25, 0.3) is 0 Å². The van der Waals surface area contributed by atoms with E-state index < -0.39 is 0 Å². The topological polar surface area (TPSA) is 61.8 Å². The van der Waals surface area contributed by atoms with E-state index >= 15 is 0 Å². The highest BCUT2D eigenvalue weighted by Gasteiger charge is 2.32. The van der Waals surface area contributed by atoms with Crippen molar-refractivity contribution in [2.45, 2.75) is 71.8 Å². The fourth-order valence-corrected chi connectivity index (χ4v) is 17.2. The molecule has 0 saturated heterocycles. The van der Waals surface area contributed by atoms with Crippen LogP contribution in [-0.2, 0) is 32.7 Å². The van der Waals surface area contributed by atoms with Gasteiger partial charge in [-0.15, -0.1) is 11.3 Å². The Bertz CT molecular complexity index is 4310. The van der Waals surface area contributed by atoms with Crippen molar-refractivity contribution < 1.29 is 23.8 Å². The molecule has 446 valence electrons. The first-order valence-electron chi connectivity index (χ1n) is 29.8. The number of ether oxygens (including phenoxy) is 3. The lowest BCUT2D eigenvalue weighted by atomic mass is 10.1. The molecule has 0 radical (unpaired) electrons. The maximum atomic E-state index is 12.5. The highest BCUT2D eigenvalue weighted by molar-refractivity contribution is 7.97. The number of carbonyl (C=O) groups excluding carboxylic acids is 2. The molecule has 0 aliphatic rings. The standard InChI is InChI=1S/C30H23O2S2.C27H23O2S.C25H21OS/c1-22-21-27(34(25-9-4-2-5-10-25)26-11-6-3-7-12-26)18-19-28(22)32-24-16-14-23(15-17-24)30(31)29-13-8-20-33-29;1-20-19-26(17-18-27(20)29-23-15-13-22(14-16-23)21(2)28)30(24-9-5-3-6-10-24)25-11-7-4-8-12-25;1-20-19-24(17-18-25(20)26-21-11-5-2-6-12-21)27(22-13-7-3-8-14-22)23-15-9-4-10-16-23/h2-21H,1H3;3-19H,1-2H3;2-19H,1H3/q3*+1.